The van der Waals surface area contributed by atoms with E-state index in [1.807, 2.05) is 0 Å². The third-order valence-corrected chi connectivity index (χ3v) is 28.7. The van der Waals surface area contributed by atoms with E-state index >= 15 is 0 Å². The fourth-order valence-corrected chi connectivity index (χ4v) is 22.5. The Morgan fingerprint density at radius 2 is 0.667 bits per heavy atom. The SMILES string of the molecule is CO[C@H]1[C@H]2OP(=O)(O)OC[C@H]3O[C@@H](n4cnc5c(N)ncnc54)[C@H](O)[C@@H]3OP(=O)(O)OC[C@H]1O[C@H]2n1cnc2c(=O)[nH]c(N)nc21.Nc1nc2c(ncn2[C@@H]2O[C@@H]3COP(=O)(O)O[C@H]4[C@H](Cl)[C@H](n5cnc6c(N)ncnc65)O[C@@H]4COP(=O)(O)O[C@@H]2[C@@H]3O)c(=O)[nH]1.[N-]=[N+]=N[C@H]1[C@H]2OP(=O)(O)OC[C@H]3O[C@@H](n4cnc5c(N)ncnc54)[C@H](O)[C@@H]3OP(=O)(O)OC[C@H]1O[C@H]2n1cnc2c(=O)[nH]c(N)nc21. The zero-order chi connectivity index (χ0) is 97.6. The fourth-order valence-electron chi connectivity index (χ4n) is 16.3. The smallest absolute Gasteiger partial charge is 0.387 e. The number of methoxy groups -OCH3 is 1. The maximum absolute atomic E-state index is 13.4. The van der Waals surface area contributed by atoms with Crippen LogP contribution in [0.4, 0.5) is 35.3 Å². The van der Waals surface area contributed by atoms with E-state index in [2.05, 4.69) is 99.7 Å². The average molecular weight is 2080 g/mol. The lowest BCUT2D eigenvalue weighted by Gasteiger charge is -2.26. The molecule has 21 heterocycles. The lowest BCUT2D eigenvalue weighted by Crippen LogP contribution is -2.37. The van der Waals surface area contributed by atoms with Crippen LogP contribution in [0.5, 0.6) is 0 Å². The van der Waals surface area contributed by atoms with Gasteiger partial charge in [-0.1, -0.05) is 5.11 Å². The van der Waals surface area contributed by atoms with Gasteiger partial charge in [0.1, 0.15) is 132 Å². The number of aliphatic hydroxyl groups excluding tert-OH is 3. The largest absolute Gasteiger partial charge is 0.472 e. The van der Waals surface area contributed by atoms with Crippen molar-refractivity contribution in [2.45, 2.75) is 146 Å². The molecule has 9 aliphatic rings. The molecule has 138 heavy (non-hydrogen) atoms. The number of nitrogens with one attached hydrogen (secondary N) is 3. The Hall–Kier alpha value is -10.6. The topological polar surface area (TPSA) is 986 Å². The summed E-state index contributed by atoms with van der Waals surface area (Å²) in [7, 11) is -29.2. The van der Waals surface area contributed by atoms with Crippen molar-refractivity contribution in [3.8, 4) is 0 Å². The minimum Gasteiger partial charge on any atom is -0.387 e. The zero-order valence-corrected chi connectivity index (χ0v) is 75.1. The lowest BCUT2D eigenvalue weighted by molar-refractivity contribution is -0.0674. The average Bonchev–Trinajstić information content (AvgIpc) is 1.58. The third kappa shape index (κ3) is 18.4. The quantitative estimate of drug-likeness (QED) is 0.0228. The number of aromatic nitrogens is 24. The number of fused-ring (bicyclic) bond motifs is 15. The summed E-state index contributed by atoms with van der Waals surface area (Å²) in [5.41, 5.74) is 42.1. The first kappa shape index (κ1) is 96.2. The number of ether oxygens (including phenoxy) is 7. The summed E-state index contributed by atoms with van der Waals surface area (Å²) >= 11 is 6.65. The zero-order valence-electron chi connectivity index (χ0n) is 69.0. The summed E-state index contributed by atoms with van der Waals surface area (Å²) in [6.07, 6.45) is -22.0. The molecule has 0 aliphatic carbocycles. The molecule has 6 bridgehead atoms. The first-order chi connectivity index (χ1) is 65.5. The second-order valence-corrected chi connectivity index (χ2v) is 39.7. The number of alkyl halides is 1. The van der Waals surface area contributed by atoms with Crippen LogP contribution in [0.2, 0.25) is 0 Å². The van der Waals surface area contributed by atoms with Crippen LogP contribution >= 0.6 is 58.5 Å². The van der Waals surface area contributed by atoms with Crippen LogP contribution in [0.3, 0.4) is 0 Å². The number of halogens is 1. The molecule has 0 radical (unpaired) electrons. The number of rotatable bonds is 8. The molecular weight excluding hydrogens is 2010 g/mol. The number of H-pyrrole nitrogens is 3. The molecule has 0 aromatic carbocycles. The highest BCUT2D eigenvalue weighted by molar-refractivity contribution is 7.48. The summed E-state index contributed by atoms with van der Waals surface area (Å²) in [5.74, 6) is -0.676. The predicted molar refractivity (Wildman–Crippen MR) is 446 cm³/mol. The normalized spacial score (nSPS) is 37.0. The van der Waals surface area contributed by atoms with Crippen LogP contribution in [-0.4, -0.2) is 318 Å². The number of phosphoric ester groups is 6. The first-order valence-corrected chi connectivity index (χ1v) is 49.0. The number of phosphoric acid groups is 6. The molecule has 21 rings (SSSR count). The number of nitrogens with two attached hydrogens (primary N) is 6. The number of hydrogen-bond acceptors (Lipinski definition) is 53. The Morgan fingerprint density at radius 3 is 1.07 bits per heavy atom. The van der Waals surface area contributed by atoms with Crippen molar-refractivity contribution >= 4 is 161 Å². The Labute approximate surface area is 765 Å². The van der Waals surface area contributed by atoms with Crippen LogP contribution in [-0.2, 0) is 115 Å². The number of hydrogen-bond donors (Lipinski definition) is 18. The number of azide groups is 1. The minimum absolute atomic E-state index is 0.0268. The number of anilines is 6. The molecule has 30 atom stereocenters. The highest BCUT2D eigenvalue weighted by atomic mass is 35.5. The molecule has 9 saturated heterocycles. The van der Waals surface area contributed by atoms with Crippen molar-refractivity contribution in [2.24, 2.45) is 5.11 Å². The summed E-state index contributed by atoms with van der Waals surface area (Å²) in [6.45, 7) is -4.68. The van der Waals surface area contributed by atoms with E-state index in [1.54, 1.807) is 0 Å². The number of nitrogens with zero attached hydrogens (tertiary/aromatic N) is 24. The molecule has 9 aliphatic heterocycles. The van der Waals surface area contributed by atoms with Gasteiger partial charge in [-0.2, -0.15) is 15.0 Å². The van der Waals surface area contributed by atoms with Gasteiger partial charge in [-0.25, -0.2) is 87.2 Å². The van der Waals surface area contributed by atoms with E-state index in [4.69, 9.17) is 133 Å². The molecule has 12 aromatic heterocycles. The Balaban J connectivity index is 0.000000132. The standard InChI is InChI=1S/C21H26N10O13P2.C20H23ClN10O12P2.C20H23N13O12P2/c1-38-13-8-3-40-45(34,35)43-12-7(41-19(11(12)32)30-5-26-9-15(22)24-4-25-16(9)30)2-39-46(36,37)44-14(13)20(42-8)31-6-27-10-17(31)28-21(23)29-18(10)33;21-8-12-7(41-18(8)30-4-26-9-14(22)24-3-25-15(9)30)2-39-45(36,37)43-13-11(32)6(1-38-44(34,35)42-12)40-19(13)31-5-27-10-16(31)28-20(23)29-17(10)33;21-14-9-15(25-3-24-14)32(4-26-9)18-11(34)12-7(43-18)2-41-47(38,39)45-13-8(30-31-23)6(1-40-46(36,37)44-12)42-19(13)33-5-27-10-16(33)28-20(22)29-17(10)35/h4-8,11-14,19-20,32H,2-3H2,1H3,(H,34,35)(H,36,37)(H2,22,24,25)(H3,23,28,29,33);3-8,11-13,18-19,32H,1-2H2,(H,34,35)(H,36,37)(H2,22,24,25)(H3,23,28,29,33);3-8,11-13,18-19,34H,1-2H2,(H,36,37)(H,38,39)(H2,21,24,25)(H3,22,28,29,35)/t7-,8-,11-,12-,13-,14-,19-,20-;6-,7-,8+,11-,12-,13-,18-,19-;6-,7-,8-,11-,12-,13-,18-,19-/m111/s1. The van der Waals surface area contributed by atoms with E-state index in [0.717, 1.165) is 40.8 Å². The maximum atomic E-state index is 13.4. The summed E-state index contributed by atoms with van der Waals surface area (Å²) in [4.78, 5) is 171. The van der Waals surface area contributed by atoms with E-state index in [0.29, 0.717) is 0 Å². The van der Waals surface area contributed by atoms with Gasteiger partial charge in [0.2, 0.25) is 17.8 Å². The fraction of sp³-hybridized carbons (Fsp3) is 0.508. The van der Waals surface area contributed by atoms with Gasteiger partial charge < -0.3 is 112 Å². The molecule has 0 spiro atoms. The Morgan fingerprint density at radius 1 is 0.377 bits per heavy atom. The lowest BCUT2D eigenvalue weighted by atomic mass is 10.1. The van der Waals surface area contributed by atoms with Crippen molar-refractivity contribution in [1.29, 1.82) is 0 Å². The van der Waals surface area contributed by atoms with Gasteiger partial charge in [-0.3, -0.25) is 111 Å². The third-order valence-electron chi connectivity index (χ3n) is 22.4. The first-order valence-electron chi connectivity index (χ1n) is 39.6. The monoisotopic (exact) mass is 2080 g/mol. The van der Waals surface area contributed by atoms with E-state index in [9.17, 15) is 92.0 Å². The number of aromatic amines is 3. The maximum Gasteiger partial charge on any atom is 0.472 e. The summed E-state index contributed by atoms with van der Waals surface area (Å²) in [5, 5.41) is 35.7. The number of nitrogen functional groups attached to an aromatic ring is 6. The molecule has 9 fully saturated rings. The van der Waals surface area contributed by atoms with Crippen molar-refractivity contribution in [3.63, 3.8) is 0 Å². The van der Waals surface area contributed by atoms with Gasteiger partial charge in [0.25, 0.3) is 16.7 Å². The molecule has 0 amide bonds. The molecule has 740 valence electrons. The van der Waals surface area contributed by atoms with E-state index < -0.39 is 250 Å². The molecule has 6 unspecified atom stereocenters. The van der Waals surface area contributed by atoms with Crippen LogP contribution < -0.4 is 51.1 Å². The Kier molecular flexibility index (Phi) is 25.7. The molecule has 12 aromatic rings. The predicted octanol–water partition coefficient (Wildman–Crippen LogP) is -3.81. The van der Waals surface area contributed by atoms with Crippen LogP contribution in [0.1, 0.15) is 37.4 Å². The van der Waals surface area contributed by atoms with Crippen LogP contribution in [0, 0.1) is 0 Å². The molecule has 77 heteroatoms. The van der Waals surface area contributed by atoms with Crippen molar-refractivity contribution in [3.05, 3.63) is 98.5 Å². The van der Waals surface area contributed by atoms with Gasteiger partial charge in [0.15, 0.2) is 105 Å². The van der Waals surface area contributed by atoms with Gasteiger partial charge in [0, 0.05) is 12.0 Å². The highest BCUT2D eigenvalue weighted by Crippen LogP contribution is 2.59. The van der Waals surface area contributed by atoms with E-state index in [-0.39, 0.29) is 102 Å². The van der Waals surface area contributed by atoms with Crippen LogP contribution in [0.25, 0.3) is 77.4 Å². The summed E-state index contributed by atoms with van der Waals surface area (Å²) in [6, 6.07) is -1.50. The molecule has 70 nitrogen and oxygen atoms in total. The van der Waals surface area contributed by atoms with Gasteiger partial charge in [0.05, 0.1) is 89.8 Å². The second kappa shape index (κ2) is 36.8. The Bertz CT molecular complexity index is 7300. The molecular formula is C61H72ClN33O37P6. The van der Waals surface area contributed by atoms with Crippen molar-refractivity contribution in [1.82, 2.24) is 117 Å². The second-order valence-electron chi connectivity index (χ2n) is 30.8. The summed E-state index contributed by atoms with van der Waals surface area (Å²) < 4.78 is 191. The van der Waals surface area contributed by atoms with E-state index in [1.165, 1.54) is 50.7 Å². The van der Waals surface area contributed by atoms with Crippen LogP contribution in [0.15, 0.2) is 76.4 Å². The number of imidazole rings is 6. The molecule has 0 saturated carbocycles. The number of aliphatic hydroxyl groups is 3. The van der Waals surface area contributed by atoms with Crippen molar-refractivity contribution < 1.29 is 160 Å². The van der Waals surface area contributed by atoms with Crippen molar-refractivity contribution in [2.75, 3.05) is 81.2 Å². The van der Waals surface area contributed by atoms with Gasteiger partial charge in [-0.05, 0) is 5.53 Å². The highest BCUT2D eigenvalue weighted by Gasteiger charge is 2.60. The molecule has 24 N–H and O–H groups in total. The van der Waals surface area contributed by atoms with Gasteiger partial charge >= 0.3 is 46.9 Å². The van der Waals surface area contributed by atoms with Gasteiger partial charge in [-0.15, -0.1) is 11.6 Å². The minimum atomic E-state index is -5.16.